The second-order valence-corrected chi connectivity index (χ2v) is 4.06. The summed E-state index contributed by atoms with van der Waals surface area (Å²) in [7, 11) is 1.92. The van der Waals surface area contributed by atoms with E-state index >= 15 is 0 Å². The fraction of sp³-hybridized carbons (Fsp3) is 0.462. The molecular formula is C13H18N2O. The van der Waals surface area contributed by atoms with E-state index in [1.165, 1.54) is 0 Å². The topological polar surface area (TPSA) is 47.3 Å². The highest BCUT2D eigenvalue weighted by atomic mass is 16.3. The molecule has 0 radical (unpaired) electrons. The van der Waals surface area contributed by atoms with Gasteiger partial charge in [-0.15, -0.1) is 0 Å². The zero-order valence-corrected chi connectivity index (χ0v) is 9.80. The molecule has 0 aliphatic heterocycles. The molecule has 2 atom stereocenters. The van der Waals surface area contributed by atoms with Crippen molar-refractivity contribution in [2.45, 2.75) is 18.9 Å². The number of aliphatic hydroxyl groups excluding tert-OH is 1. The Labute approximate surface area is 96.9 Å². The van der Waals surface area contributed by atoms with Crippen LogP contribution in [-0.2, 0) is 0 Å². The van der Waals surface area contributed by atoms with Crippen molar-refractivity contribution in [3.05, 3.63) is 35.9 Å². The average Bonchev–Trinajstić information content (AvgIpc) is 2.35. The molecule has 86 valence electrons. The fourth-order valence-corrected chi connectivity index (χ4v) is 1.51. The van der Waals surface area contributed by atoms with Crippen LogP contribution in [0.5, 0.6) is 0 Å². The van der Waals surface area contributed by atoms with Gasteiger partial charge in [-0.05, 0) is 19.5 Å². The maximum atomic E-state index is 9.14. The van der Waals surface area contributed by atoms with Gasteiger partial charge in [-0.1, -0.05) is 30.3 Å². The third-order valence-electron chi connectivity index (χ3n) is 2.85. The monoisotopic (exact) mass is 218 g/mol. The molecule has 1 aromatic rings. The molecule has 0 aliphatic rings. The molecule has 0 heterocycles. The highest BCUT2D eigenvalue weighted by Gasteiger charge is 2.16. The third kappa shape index (κ3) is 3.34. The van der Waals surface area contributed by atoms with Crippen molar-refractivity contribution in [3.8, 4) is 6.07 Å². The Morgan fingerprint density at radius 1 is 1.38 bits per heavy atom. The summed E-state index contributed by atoms with van der Waals surface area (Å²) in [4.78, 5) is 2.00. The van der Waals surface area contributed by atoms with Crippen molar-refractivity contribution < 1.29 is 5.11 Å². The minimum absolute atomic E-state index is 0.0829. The average molecular weight is 218 g/mol. The lowest BCUT2D eigenvalue weighted by molar-refractivity contribution is 0.157. The molecule has 0 aromatic heterocycles. The van der Waals surface area contributed by atoms with Crippen LogP contribution in [0, 0.1) is 11.3 Å². The Morgan fingerprint density at radius 2 is 2.00 bits per heavy atom. The SMILES string of the molecule is CC(CO)N(C)CC(C#N)c1ccccc1. The van der Waals surface area contributed by atoms with Gasteiger partial charge in [-0.25, -0.2) is 0 Å². The lowest BCUT2D eigenvalue weighted by Crippen LogP contribution is -2.35. The van der Waals surface area contributed by atoms with Crippen molar-refractivity contribution in [3.63, 3.8) is 0 Å². The van der Waals surface area contributed by atoms with Crippen molar-refractivity contribution in [1.82, 2.24) is 4.90 Å². The van der Waals surface area contributed by atoms with E-state index in [4.69, 9.17) is 10.4 Å². The van der Waals surface area contributed by atoms with Gasteiger partial charge in [0.2, 0.25) is 0 Å². The molecule has 3 heteroatoms. The van der Waals surface area contributed by atoms with Crippen LogP contribution in [0.3, 0.4) is 0 Å². The van der Waals surface area contributed by atoms with E-state index in [1.54, 1.807) is 0 Å². The summed E-state index contributed by atoms with van der Waals surface area (Å²) in [6, 6.07) is 12.1. The maximum Gasteiger partial charge on any atom is 0.0839 e. The molecule has 0 amide bonds. The molecule has 3 nitrogen and oxygen atoms in total. The van der Waals surface area contributed by atoms with Crippen LogP contribution in [0.2, 0.25) is 0 Å². The first-order valence-corrected chi connectivity index (χ1v) is 5.44. The van der Waals surface area contributed by atoms with Crippen molar-refractivity contribution in [1.29, 1.82) is 5.26 Å². The Balaban J connectivity index is 2.67. The smallest absolute Gasteiger partial charge is 0.0839 e. The van der Waals surface area contributed by atoms with Gasteiger partial charge in [-0.3, -0.25) is 4.90 Å². The van der Waals surface area contributed by atoms with Crippen molar-refractivity contribution >= 4 is 0 Å². The summed E-state index contributed by atoms with van der Waals surface area (Å²) in [5, 5.41) is 18.2. The van der Waals surface area contributed by atoms with E-state index in [0.717, 1.165) is 5.56 Å². The Morgan fingerprint density at radius 3 is 2.50 bits per heavy atom. The van der Waals surface area contributed by atoms with Crippen LogP contribution in [0.25, 0.3) is 0 Å². The number of nitrogens with zero attached hydrogens (tertiary/aromatic N) is 2. The van der Waals surface area contributed by atoms with Gasteiger partial charge in [0, 0.05) is 12.6 Å². The van der Waals surface area contributed by atoms with Crippen LogP contribution in [0.1, 0.15) is 18.4 Å². The van der Waals surface area contributed by atoms with Gasteiger partial charge in [0.25, 0.3) is 0 Å². The number of hydrogen-bond acceptors (Lipinski definition) is 3. The number of benzene rings is 1. The Hall–Kier alpha value is -1.37. The first kappa shape index (κ1) is 12.7. The molecule has 1 aromatic carbocycles. The first-order valence-electron chi connectivity index (χ1n) is 5.44. The maximum absolute atomic E-state index is 9.14. The second kappa shape index (κ2) is 6.26. The summed E-state index contributed by atoms with van der Waals surface area (Å²) in [6.07, 6.45) is 0. The van der Waals surface area contributed by atoms with Crippen molar-refractivity contribution in [2.75, 3.05) is 20.2 Å². The van der Waals surface area contributed by atoms with Gasteiger partial charge in [0.15, 0.2) is 0 Å². The van der Waals surface area contributed by atoms with Gasteiger partial charge in [-0.2, -0.15) is 5.26 Å². The normalized spacial score (nSPS) is 14.4. The number of aliphatic hydroxyl groups is 1. The second-order valence-electron chi connectivity index (χ2n) is 4.06. The van der Waals surface area contributed by atoms with E-state index < -0.39 is 0 Å². The van der Waals surface area contributed by atoms with E-state index in [9.17, 15) is 0 Å². The number of likely N-dealkylation sites (N-methyl/N-ethyl adjacent to an activating group) is 1. The fourth-order valence-electron chi connectivity index (χ4n) is 1.51. The van der Waals surface area contributed by atoms with Crippen LogP contribution in [0.15, 0.2) is 30.3 Å². The molecule has 0 aliphatic carbocycles. The molecule has 0 saturated heterocycles. The molecular weight excluding hydrogens is 200 g/mol. The Bertz CT molecular complexity index is 345. The molecule has 1 rings (SSSR count). The summed E-state index contributed by atoms with van der Waals surface area (Å²) >= 11 is 0. The van der Waals surface area contributed by atoms with E-state index in [2.05, 4.69) is 6.07 Å². The Kier molecular flexibility index (Phi) is 4.97. The molecule has 0 saturated carbocycles. The van der Waals surface area contributed by atoms with E-state index in [0.29, 0.717) is 6.54 Å². The van der Waals surface area contributed by atoms with Gasteiger partial charge in [0.1, 0.15) is 0 Å². The largest absolute Gasteiger partial charge is 0.395 e. The van der Waals surface area contributed by atoms with Crippen molar-refractivity contribution in [2.24, 2.45) is 0 Å². The molecule has 16 heavy (non-hydrogen) atoms. The third-order valence-corrected chi connectivity index (χ3v) is 2.85. The summed E-state index contributed by atoms with van der Waals surface area (Å²) in [6.45, 7) is 2.70. The molecule has 0 fully saturated rings. The highest BCUT2D eigenvalue weighted by Crippen LogP contribution is 2.16. The number of nitriles is 1. The molecule has 0 bridgehead atoms. The highest BCUT2D eigenvalue weighted by molar-refractivity contribution is 5.25. The minimum atomic E-state index is -0.139. The summed E-state index contributed by atoms with van der Waals surface area (Å²) in [5.41, 5.74) is 1.03. The number of hydrogen-bond donors (Lipinski definition) is 1. The van der Waals surface area contributed by atoms with Gasteiger partial charge in [0.05, 0.1) is 18.6 Å². The predicted molar refractivity (Wildman–Crippen MR) is 64.0 cm³/mol. The lowest BCUT2D eigenvalue weighted by atomic mass is 10.00. The molecule has 2 unspecified atom stereocenters. The molecule has 0 spiro atoms. The van der Waals surface area contributed by atoms with E-state index in [-0.39, 0.29) is 18.6 Å². The summed E-state index contributed by atoms with van der Waals surface area (Å²) in [5.74, 6) is -0.139. The first-order chi connectivity index (χ1) is 7.69. The predicted octanol–water partition coefficient (Wildman–Crippen LogP) is 1.61. The van der Waals surface area contributed by atoms with Gasteiger partial charge >= 0.3 is 0 Å². The minimum Gasteiger partial charge on any atom is -0.395 e. The van der Waals surface area contributed by atoms with Crippen LogP contribution < -0.4 is 0 Å². The molecule has 1 N–H and O–H groups in total. The summed E-state index contributed by atoms with van der Waals surface area (Å²) < 4.78 is 0. The zero-order valence-electron chi connectivity index (χ0n) is 9.80. The quantitative estimate of drug-likeness (QED) is 0.816. The van der Waals surface area contributed by atoms with Gasteiger partial charge < -0.3 is 5.11 Å². The number of rotatable bonds is 5. The lowest BCUT2D eigenvalue weighted by Gasteiger charge is -2.25. The van der Waals surface area contributed by atoms with Crippen LogP contribution in [-0.4, -0.2) is 36.2 Å². The standard InChI is InChI=1S/C13H18N2O/c1-11(10-16)15(2)9-13(8-14)12-6-4-3-5-7-12/h3-7,11,13,16H,9-10H2,1-2H3. The van der Waals surface area contributed by atoms with Crippen LogP contribution in [0.4, 0.5) is 0 Å². The zero-order chi connectivity index (χ0) is 12.0. The van der Waals surface area contributed by atoms with Crippen LogP contribution >= 0.6 is 0 Å². The van der Waals surface area contributed by atoms with E-state index in [1.807, 2.05) is 49.2 Å².